The molecule has 1 aromatic rings. The van der Waals surface area contributed by atoms with Crippen molar-refractivity contribution in [1.29, 1.82) is 0 Å². The Morgan fingerprint density at radius 2 is 2.27 bits per heavy atom. The summed E-state index contributed by atoms with van der Waals surface area (Å²) < 4.78 is 0. The molecule has 0 saturated carbocycles. The first-order valence-corrected chi connectivity index (χ1v) is 3.54. The van der Waals surface area contributed by atoms with E-state index in [1.54, 1.807) is 12.3 Å². The number of hydrogen-bond donors (Lipinski definition) is 2. The van der Waals surface area contributed by atoms with Gasteiger partial charge in [0, 0.05) is 17.9 Å². The first kappa shape index (κ1) is 8.23. The molecule has 0 aromatic carbocycles. The van der Waals surface area contributed by atoms with Crippen molar-refractivity contribution in [1.82, 2.24) is 4.98 Å². The molecule has 0 amide bonds. The molecular weight excluding hydrogens is 141 g/mol. The van der Waals surface area contributed by atoms with Crippen LogP contribution >= 0.6 is 0 Å². The lowest BCUT2D eigenvalue weighted by atomic mass is 9.78. The van der Waals surface area contributed by atoms with Crippen LogP contribution < -0.4 is 5.46 Å². The zero-order valence-electron chi connectivity index (χ0n) is 6.36. The normalized spacial score (nSPS) is 9.73. The van der Waals surface area contributed by atoms with E-state index in [1.807, 2.05) is 6.92 Å². The number of pyridine rings is 1. The minimum Gasteiger partial charge on any atom is -0.423 e. The molecule has 0 radical (unpaired) electrons. The minimum atomic E-state index is -1.40. The maximum absolute atomic E-state index is 8.85. The lowest BCUT2D eigenvalue weighted by Crippen LogP contribution is -2.33. The minimum absolute atomic E-state index is 0.495. The zero-order valence-corrected chi connectivity index (χ0v) is 6.36. The summed E-state index contributed by atoms with van der Waals surface area (Å²) in [4.78, 5) is 3.79. The van der Waals surface area contributed by atoms with Gasteiger partial charge in [-0.2, -0.15) is 0 Å². The summed E-state index contributed by atoms with van der Waals surface area (Å²) in [6.07, 6.45) is 3.91. The lowest BCUT2D eigenvalue weighted by molar-refractivity contribution is 0.425. The second-order valence-corrected chi connectivity index (χ2v) is 2.30. The van der Waals surface area contributed by atoms with E-state index in [0.29, 0.717) is 5.46 Å². The quantitative estimate of drug-likeness (QED) is 0.550. The maximum atomic E-state index is 8.85. The molecule has 0 aliphatic carbocycles. The van der Waals surface area contributed by atoms with Crippen molar-refractivity contribution in [2.45, 2.75) is 13.3 Å². The highest BCUT2D eigenvalue weighted by Crippen LogP contribution is 1.94. The maximum Gasteiger partial charge on any atom is 0.490 e. The topological polar surface area (TPSA) is 53.4 Å². The standard InChI is InChI=1S/C7H10BNO2/c1-2-6-3-4-9-5-7(6)8(10)11/h3-5,10-11H,2H2,1H3. The Balaban J connectivity index is 3.02. The highest BCUT2D eigenvalue weighted by molar-refractivity contribution is 6.59. The molecule has 0 saturated heterocycles. The fourth-order valence-electron chi connectivity index (χ4n) is 0.990. The Bertz CT molecular complexity index is 240. The van der Waals surface area contributed by atoms with E-state index in [9.17, 15) is 0 Å². The van der Waals surface area contributed by atoms with Crippen LogP contribution in [0.4, 0.5) is 0 Å². The first-order valence-electron chi connectivity index (χ1n) is 3.54. The van der Waals surface area contributed by atoms with Crippen molar-refractivity contribution < 1.29 is 10.0 Å². The van der Waals surface area contributed by atoms with Gasteiger partial charge in [0.15, 0.2) is 0 Å². The summed E-state index contributed by atoms with van der Waals surface area (Å²) in [6.45, 7) is 1.96. The number of nitrogens with zero attached hydrogens (tertiary/aromatic N) is 1. The van der Waals surface area contributed by atoms with Crippen molar-refractivity contribution >= 4 is 12.6 Å². The third-order valence-electron chi connectivity index (χ3n) is 1.61. The Kier molecular flexibility index (Phi) is 2.62. The highest BCUT2D eigenvalue weighted by Gasteiger charge is 2.13. The number of hydrogen-bond acceptors (Lipinski definition) is 3. The second-order valence-electron chi connectivity index (χ2n) is 2.30. The molecule has 0 unspecified atom stereocenters. The average molecular weight is 151 g/mol. The lowest BCUT2D eigenvalue weighted by Gasteiger charge is -2.03. The Hall–Kier alpha value is -0.865. The fraction of sp³-hybridized carbons (Fsp3) is 0.286. The molecule has 0 spiro atoms. The molecule has 1 heterocycles. The Labute approximate surface area is 65.9 Å². The molecule has 0 bridgehead atoms. The van der Waals surface area contributed by atoms with Crippen LogP contribution in [0.5, 0.6) is 0 Å². The molecule has 4 heteroatoms. The molecule has 0 aliphatic rings. The van der Waals surface area contributed by atoms with Gasteiger partial charge in [-0.25, -0.2) is 0 Å². The molecule has 11 heavy (non-hydrogen) atoms. The molecule has 58 valence electrons. The van der Waals surface area contributed by atoms with Crippen molar-refractivity contribution in [3.63, 3.8) is 0 Å². The summed E-state index contributed by atoms with van der Waals surface area (Å²) in [5.74, 6) is 0. The van der Waals surface area contributed by atoms with E-state index in [-0.39, 0.29) is 0 Å². The van der Waals surface area contributed by atoms with Crippen molar-refractivity contribution in [2.75, 3.05) is 0 Å². The molecule has 0 fully saturated rings. The van der Waals surface area contributed by atoms with Crippen LogP contribution in [0.15, 0.2) is 18.5 Å². The van der Waals surface area contributed by atoms with Gasteiger partial charge in [-0.05, 0) is 18.1 Å². The van der Waals surface area contributed by atoms with E-state index in [1.165, 1.54) is 6.20 Å². The van der Waals surface area contributed by atoms with Crippen LogP contribution in [-0.2, 0) is 6.42 Å². The van der Waals surface area contributed by atoms with E-state index in [0.717, 1.165) is 12.0 Å². The Morgan fingerprint density at radius 3 is 2.73 bits per heavy atom. The van der Waals surface area contributed by atoms with E-state index in [2.05, 4.69) is 4.98 Å². The average Bonchev–Trinajstić information content (AvgIpc) is 2.04. The highest BCUT2D eigenvalue weighted by atomic mass is 16.4. The van der Waals surface area contributed by atoms with Gasteiger partial charge in [0.2, 0.25) is 0 Å². The SMILES string of the molecule is CCc1ccncc1B(O)O. The molecular formula is C7H10BNO2. The molecule has 0 aliphatic heterocycles. The van der Waals surface area contributed by atoms with Crippen LogP contribution in [0.3, 0.4) is 0 Å². The van der Waals surface area contributed by atoms with Gasteiger partial charge in [0.25, 0.3) is 0 Å². The monoisotopic (exact) mass is 151 g/mol. The van der Waals surface area contributed by atoms with Gasteiger partial charge in [0.1, 0.15) is 0 Å². The van der Waals surface area contributed by atoms with Crippen LogP contribution in [0.2, 0.25) is 0 Å². The molecule has 1 aromatic heterocycles. The fourth-order valence-corrected chi connectivity index (χ4v) is 0.990. The van der Waals surface area contributed by atoms with Gasteiger partial charge in [-0.15, -0.1) is 0 Å². The van der Waals surface area contributed by atoms with E-state index < -0.39 is 7.12 Å². The van der Waals surface area contributed by atoms with Crippen LogP contribution in [0.25, 0.3) is 0 Å². The van der Waals surface area contributed by atoms with Gasteiger partial charge in [-0.3, -0.25) is 4.98 Å². The molecule has 2 N–H and O–H groups in total. The van der Waals surface area contributed by atoms with Gasteiger partial charge < -0.3 is 10.0 Å². The third kappa shape index (κ3) is 1.79. The van der Waals surface area contributed by atoms with Gasteiger partial charge in [0.05, 0.1) is 0 Å². The molecule has 1 rings (SSSR count). The van der Waals surface area contributed by atoms with Crippen LogP contribution in [0.1, 0.15) is 12.5 Å². The first-order chi connectivity index (χ1) is 5.25. The Morgan fingerprint density at radius 1 is 1.55 bits per heavy atom. The summed E-state index contributed by atoms with van der Waals surface area (Å²) in [5, 5.41) is 17.7. The van der Waals surface area contributed by atoms with Crippen molar-refractivity contribution in [2.24, 2.45) is 0 Å². The van der Waals surface area contributed by atoms with Crippen LogP contribution in [0, 0.1) is 0 Å². The van der Waals surface area contributed by atoms with Crippen LogP contribution in [-0.4, -0.2) is 22.2 Å². The number of aromatic nitrogens is 1. The smallest absolute Gasteiger partial charge is 0.423 e. The molecule has 3 nitrogen and oxygen atoms in total. The summed E-state index contributed by atoms with van der Waals surface area (Å²) in [7, 11) is -1.40. The summed E-state index contributed by atoms with van der Waals surface area (Å²) >= 11 is 0. The number of rotatable bonds is 2. The molecule has 0 atom stereocenters. The second kappa shape index (κ2) is 3.50. The number of aryl methyl sites for hydroxylation is 1. The third-order valence-corrected chi connectivity index (χ3v) is 1.61. The summed E-state index contributed by atoms with van der Waals surface area (Å²) in [5.41, 5.74) is 1.42. The largest absolute Gasteiger partial charge is 0.490 e. The van der Waals surface area contributed by atoms with Crippen molar-refractivity contribution in [3.05, 3.63) is 24.0 Å². The van der Waals surface area contributed by atoms with E-state index in [4.69, 9.17) is 10.0 Å². The zero-order chi connectivity index (χ0) is 8.27. The van der Waals surface area contributed by atoms with E-state index >= 15 is 0 Å². The summed E-state index contributed by atoms with van der Waals surface area (Å²) in [6, 6.07) is 1.79. The predicted molar refractivity (Wildman–Crippen MR) is 43.4 cm³/mol. The predicted octanol–water partition coefficient (Wildman–Crippen LogP) is -0.676. The van der Waals surface area contributed by atoms with Gasteiger partial charge >= 0.3 is 7.12 Å². The van der Waals surface area contributed by atoms with Crippen molar-refractivity contribution in [3.8, 4) is 0 Å². The van der Waals surface area contributed by atoms with Gasteiger partial charge in [-0.1, -0.05) is 6.92 Å².